The predicted molar refractivity (Wildman–Crippen MR) is 68.4 cm³/mol. The zero-order valence-corrected chi connectivity index (χ0v) is 11.4. The lowest BCUT2D eigenvalue weighted by Gasteiger charge is -2.09. The summed E-state index contributed by atoms with van der Waals surface area (Å²) in [7, 11) is -3.70. The van der Waals surface area contributed by atoms with E-state index in [0.717, 1.165) is 6.07 Å². The van der Waals surface area contributed by atoms with E-state index < -0.39 is 33.1 Å². The van der Waals surface area contributed by atoms with Crippen molar-refractivity contribution in [2.24, 2.45) is 5.73 Å². The molecule has 1 rings (SSSR count). The van der Waals surface area contributed by atoms with Gasteiger partial charge < -0.3 is 10.5 Å². The zero-order chi connectivity index (χ0) is 14.5. The highest BCUT2D eigenvalue weighted by molar-refractivity contribution is 7.91. The van der Waals surface area contributed by atoms with Crippen LogP contribution >= 0.6 is 0 Å². The molecule has 2 N–H and O–H groups in total. The van der Waals surface area contributed by atoms with Crippen molar-refractivity contribution in [3.05, 3.63) is 35.1 Å². The number of sulfone groups is 1. The third-order valence-electron chi connectivity index (χ3n) is 2.41. The van der Waals surface area contributed by atoms with Crippen molar-refractivity contribution < 1.29 is 22.3 Å². The number of carbonyl (C=O) groups is 1. The monoisotopic (exact) mass is 289 g/mol. The lowest BCUT2D eigenvalue weighted by Crippen LogP contribution is -2.20. The highest BCUT2D eigenvalue weighted by atomic mass is 32.2. The average molecular weight is 289 g/mol. The van der Waals surface area contributed by atoms with Crippen LogP contribution in [0, 0.1) is 5.82 Å². The molecule has 1 aromatic rings. The van der Waals surface area contributed by atoms with Crippen LogP contribution in [0.5, 0.6) is 0 Å². The fourth-order valence-corrected chi connectivity index (χ4v) is 2.89. The fraction of sp³-hybridized carbons (Fsp3) is 0.417. The van der Waals surface area contributed by atoms with E-state index in [9.17, 15) is 17.6 Å². The van der Waals surface area contributed by atoms with Crippen LogP contribution in [0.4, 0.5) is 4.39 Å². The van der Waals surface area contributed by atoms with Crippen molar-refractivity contribution in [1.29, 1.82) is 0 Å². The van der Waals surface area contributed by atoms with Gasteiger partial charge in [-0.15, -0.1) is 0 Å². The van der Waals surface area contributed by atoms with Gasteiger partial charge in [-0.3, -0.25) is 4.79 Å². The molecule has 0 aliphatic rings. The van der Waals surface area contributed by atoms with Gasteiger partial charge >= 0.3 is 5.97 Å². The Kier molecular flexibility index (Phi) is 5.44. The number of hydrogen-bond donors (Lipinski definition) is 1. The standard InChI is InChI=1S/C12H16FNO4S/c1-2-18-12(15)8-19(16,17)7-10-5-11(13)4-3-9(10)6-14/h3-5H,2,6-8,14H2,1H3. The van der Waals surface area contributed by atoms with Gasteiger partial charge in [-0.05, 0) is 30.2 Å². The van der Waals surface area contributed by atoms with Gasteiger partial charge in [-0.1, -0.05) is 6.07 Å². The molecule has 0 saturated carbocycles. The summed E-state index contributed by atoms with van der Waals surface area (Å²) in [5.41, 5.74) is 6.27. The molecular formula is C12H16FNO4S. The molecule has 19 heavy (non-hydrogen) atoms. The molecule has 0 radical (unpaired) electrons. The number of hydrogen-bond acceptors (Lipinski definition) is 5. The molecule has 0 fully saturated rings. The molecule has 0 atom stereocenters. The number of halogens is 1. The van der Waals surface area contributed by atoms with E-state index in [2.05, 4.69) is 4.74 Å². The maximum atomic E-state index is 13.1. The number of benzene rings is 1. The quantitative estimate of drug-likeness (QED) is 0.781. The Balaban J connectivity index is 2.89. The topological polar surface area (TPSA) is 86.5 Å². The molecule has 0 bridgehead atoms. The molecule has 0 spiro atoms. The Labute approximate surface area is 111 Å². The lowest BCUT2D eigenvalue weighted by atomic mass is 10.1. The SMILES string of the molecule is CCOC(=O)CS(=O)(=O)Cc1cc(F)ccc1CN. The smallest absolute Gasteiger partial charge is 0.321 e. The molecular weight excluding hydrogens is 273 g/mol. The Bertz CT molecular complexity index is 557. The summed E-state index contributed by atoms with van der Waals surface area (Å²) in [6, 6.07) is 3.76. The van der Waals surface area contributed by atoms with Gasteiger partial charge in [0.1, 0.15) is 11.6 Å². The van der Waals surface area contributed by atoms with Crippen molar-refractivity contribution in [2.75, 3.05) is 12.4 Å². The minimum atomic E-state index is -3.70. The normalized spacial score (nSPS) is 11.3. The molecule has 106 valence electrons. The third-order valence-corrected chi connectivity index (χ3v) is 3.83. The Morgan fingerprint density at radius 1 is 1.37 bits per heavy atom. The van der Waals surface area contributed by atoms with Crippen molar-refractivity contribution in [1.82, 2.24) is 0 Å². The van der Waals surface area contributed by atoms with Crippen LogP contribution in [0.2, 0.25) is 0 Å². The van der Waals surface area contributed by atoms with Crippen molar-refractivity contribution in [3.63, 3.8) is 0 Å². The van der Waals surface area contributed by atoms with Crippen LogP contribution in [-0.4, -0.2) is 26.7 Å². The average Bonchev–Trinajstić information content (AvgIpc) is 2.28. The summed E-state index contributed by atoms with van der Waals surface area (Å²) in [6.07, 6.45) is 0. The summed E-state index contributed by atoms with van der Waals surface area (Å²) < 4.78 is 41.3. The summed E-state index contributed by atoms with van der Waals surface area (Å²) in [4.78, 5) is 11.2. The first-order valence-corrected chi connectivity index (χ1v) is 7.53. The van der Waals surface area contributed by atoms with Gasteiger partial charge in [0, 0.05) is 6.54 Å². The summed E-state index contributed by atoms with van der Waals surface area (Å²) >= 11 is 0. The first kappa shape index (κ1) is 15.6. The molecule has 0 aromatic heterocycles. The zero-order valence-electron chi connectivity index (χ0n) is 10.6. The van der Waals surface area contributed by atoms with Gasteiger partial charge in [-0.2, -0.15) is 0 Å². The first-order chi connectivity index (χ1) is 8.88. The van der Waals surface area contributed by atoms with E-state index in [1.807, 2.05) is 0 Å². The van der Waals surface area contributed by atoms with E-state index in [0.29, 0.717) is 5.56 Å². The van der Waals surface area contributed by atoms with Gasteiger partial charge in [0.05, 0.1) is 12.4 Å². The second kappa shape index (κ2) is 6.63. The summed E-state index contributed by atoms with van der Waals surface area (Å²) in [5, 5.41) is 0. The van der Waals surface area contributed by atoms with Crippen LogP contribution in [0.15, 0.2) is 18.2 Å². The summed E-state index contributed by atoms with van der Waals surface area (Å²) in [6.45, 7) is 1.80. The number of carbonyl (C=O) groups excluding carboxylic acids is 1. The van der Waals surface area contributed by atoms with E-state index in [-0.39, 0.29) is 18.7 Å². The number of ether oxygens (including phenoxy) is 1. The highest BCUT2D eigenvalue weighted by Crippen LogP contribution is 2.15. The van der Waals surface area contributed by atoms with Crippen LogP contribution in [0.1, 0.15) is 18.1 Å². The second-order valence-corrected chi connectivity index (χ2v) is 6.02. The Hall–Kier alpha value is -1.47. The summed E-state index contributed by atoms with van der Waals surface area (Å²) in [5.74, 6) is -2.51. The second-order valence-electron chi connectivity index (χ2n) is 3.95. The molecule has 1 aromatic carbocycles. The molecule has 0 aliphatic heterocycles. The van der Waals surface area contributed by atoms with Crippen LogP contribution in [0.25, 0.3) is 0 Å². The minimum Gasteiger partial charge on any atom is -0.465 e. The first-order valence-electron chi connectivity index (χ1n) is 5.71. The predicted octanol–water partition coefficient (Wildman–Crippen LogP) is 0.762. The van der Waals surface area contributed by atoms with Crippen molar-refractivity contribution >= 4 is 15.8 Å². The van der Waals surface area contributed by atoms with E-state index in [4.69, 9.17) is 5.73 Å². The van der Waals surface area contributed by atoms with E-state index >= 15 is 0 Å². The fourth-order valence-electron chi connectivity index (χ4n) is 1.60. The third kappa shape index (κ3) is 4.96. The molecule has 5 nitrogen and oxygen atoms in total. The molecule has 0 aliphatic carbocycles. The lowest BCUT2D eigenvalue weighted by molar-refractivity contribution is -0.139. The largest absolute Gasteiger partial charge is 0.465 e. The van der Waals surface area contributed by atoms with E-state index in [1.165, 1.54) is 12.1 Å². The van der Waals surface area contributed by atoms with Gasteiger partial charge in [0.15, 0.2) is 9.84 Å². The maximum absolute atomic E-state index is 13.1. The molecule has 7 heteroatoms. The number of rotatable bonds is 6. The van der Waals surface area contributed by atoms with Crippen LogP contribution in [-0.2, 0) is 31.7 Å². The molecule has 0 amide bonds. The van der Waals surface area contributed by atoms with Crippen molar-refractivity contribution in [3.8, 4) is 0 Å². The highest BCUT2D eigenvalue weighted by Gasteiger charge is 2.20. The van der Waals surface area contributed by atoms with E-state index in [1.54, 1.807) is 6.92 Å². The van der Waals surface area contributed by atoms with Crippen LogP contribution < -0.4 is 5.73 Å². The maximum Gasteiger partial charge on any atom is 0.321 e. The van der Waals surface area contributed by atoms with Gasteiger partial charge in [0.2, 0.25) is 0 Å². The number of esters is 1. The Morgan fingerprint density at radius 3 is 2.63 bits per heavy atom. The van der Waals surface area contributed by atoms with Crippen molar-refractivity contribution in [2.45, 2.75) is 19.2 Å². The molecule has 0 saturated heterocycles. The molecule has 0 unspecified atom stereocenters. The van der Waals surface area contributed by atoms with Gasteiger partial charge in [0.25, 0.3) is 0 Å². The molecule has 0 heterocycles. The minimum absolute atomic E-state index is 0.102. The van der Waals surface area contributed by atoms with Gasteiger partial charge in [-0.25, -0.2) is 12.8 Å². The number of nitrogens with two attached hydrogens (primary N) is 1. The Morgan fingerprint density at radius 2 is 2.05 bits per heavy atom. The van der Waals surface area contributed by atoms with Crippen LogP contribution in [0.3, 0.4) is 0 Å².